The lowest BCUT2D eigenvalue weighted by Crippen LogP contribution is -2.33. The van der Waals surface area contributed by atoms with Crippen molar-refractivity contribution in [1.29, 1.82) is 0 Å². The average Bonchev–Trinajstić information content (AvgIpc) is 2.73. The van der Waals surface area contributed by atoms with Crippen molar-refractivity contribution in [2.45, 2.75) is 20.8 Å². The molecule has 0 bridgehead atoms. The number of aryl methyl sites for hydroxylation is 3. The second kappa shape index (κ2) is 5.61. The van der Waals surface area contributed by atoms with Crippen LogP contribution >= 0.6 is 0 Å². The molecule has 0 spiro atoms. The topological polar surface area (TPSA) is 8.81 Å². The van der Waals surface area contributed by atoms with Crippen LogP contribution in [0.2, 0.25) is 0 Å². The maximum Gasteiger partial charge on any atom is 0.361 e. The van der Waals surface area contributed by atoms with E-state index in [4.69, 9.17) is 0 Å². The zero-order valence-corrected chi connectivity index (χ0v) is 13.7. The number of hydrogen-bond donors (Lipinski definition) is 0. The van der Waals surface area contributed by atoms with E-state index in [0.717, 1.165) is 22.3 Å². The van der Waals surface area contributed by atoms with Crippen LogP contribution in [0.5, 0.6) is 0 Å². The van der Waals surface area contributed by atoms with Crippen LogP contribution in [0, 0.1) is 32.7 Å². The van der Waals surface area contributed by atoms with Crippen molar-refractivity contribution in [3.8, 4) is 17.1 Å². The van der Waals surface area contributed by atoms with Gasteiger partial charge in [0.05, 0.1) is 12.6 Å². The standard InChI is InChI=1S/C19H19F2N2/c1-12-8-5-6-11-15(12)19-22(4)17(20)18(21)23(19)16-13(2)9-7-10-14(16)3/h5-11H,1-4H3/q+1. The van der Waals surface area contributed by atoms with E-state index in [0.29, 0.717) is 11.5 Å². The molecule has 23 heavy (non-hydrogen) atoms. The van der Waals surface area contributed by atoms with Crippen molar-refractivity contribution in [2.75, 3.05) is 0 Å². The van der Waals surface area contributed by atoms with E-state index in [1.165, 1.54) is 9.13 Å². The van der Waals surface area contributed by atoms with Crippen molar-refractivity contribution in [3.05, 3.63) is 71.1 Å². The van der Waals surface area contributed by atoms with Crippen LogP contribution in [0.25, 0.3) is 17.1 Å². The minimum Gasteiger partial charge on any atom is -0.199 e. The molecule has 0 amide bonds. The maximum atomic E-state index is 14.7. The number of para-hydroxylation sites is 1. The van der Waals surface area contributed by atoms with Crippen LogP contribution in [0.4, 0.5) is 8.78 Å². The second-order valence-corrected chi connectivity index (χ2v) is 5.85. The third-order valence-electron chi connectivity index (χ3n) is 4.24. The van der Waals surface area contributed by atoms with Crippen molar-refractivity contribution < 1.29 is 13.3 Å². The Balaban J connectivity index is 2.44. The van der Waals surface area contributed by atoms with Gasteiger partial charge >= 0.3 is 11.9 Å². The summed E-state index contributed by atoms with van der Waals surface area (Å²) in [5.41, 5.74) is 4.25. The lowest BCUT2D eigenvalue weighted by atomic mass is 10.1. The van der Waals surface area contributed by atoms with Crippen molar-refractivity contribution in [2.24, 2.45) is 7.05 Å². The van der Waals surface area contributed by atoms with Crippen LogP contribution in [-0.4, -0.2) is 4.57 Å². The van der Waals surface area contributed by atoms with Crippen LogP contribution in [0.3, 0.4) is 0 Å². The van der Waals surface area contributed by atoms with Crippen molar-refractivity contribution in [1.82, 2.24) is 4.57 Å². The van der Waals surface area contributed by atoms with Crippen LogP contribution < -0.4 is 4.57 Å². The normalized spacial score (nSPS) is 11.0. The number of rotatable bonds is 2. The Bertz CT molecular complexity index is 874. The summed E-state index contributed by atoms with van der Waals surface area (Å²) in [4.78, 5) is 0. The first-order chi connectivity index (χ1) is 10.9. The van der Waals surface area contributed by atoms with Crippen LogP contribution in [0.15, 0.2) is 42.5 Å². The van der Waals surface area contributed by atoms with E-state index in [1.807, 2.05) is 63.2 Å². The number of halogens is 2. The molecule has 0 saturated heterocycles. The molecule has 118 valence electrons. The third-order valence-corrected chi connectivity index (χ3v) is 4.24. The molecule has 0 N–H and O–H groups in total. The molecule has 0 unspecified atom stereocenters. The second-order valence-electron chi connectivity index (χ2n) is 5.85. The Hall–Kier alpha value is -2.49. The van der Waals surface area contributed by atoms with Gasteiger partial charge in [-0.25, -0.2) is 0 Å². The highest BCUT2D eigenvalue weighted by Gasteiger charge is 2.33. The largest absolute Gasteiger partial charge is 0.361 e. The molecule has 2 nitrogen and oxygen atoms in total. The molecular formula is C19H19F2N2+. The first-order valence-corrected chi connectivity index (χ1v) is 7.51. The van der Waals surface area contributed by atoms with Gasteiger partial charge in [-0.1, -0.05) is 36.4 Å². The molecule has 0 aliphatic carbocycles. The Kier molecular flexibility index (Phi) is 3.76. The Morgan fingerprint density at radius 3 is 2.00 bits per heavy atom. The van der Waals surface area contributed by atoms with Gasteiger partial charge in [0.25, 0.3) is 5.82 Å². The number of imidazole rings is 1. The van der Waals surface area contributed by atoms with Crippen molar-refractivity contribution in [3.63, 3.8) is 0 Å². The van der Waals surface area contributed by atoms with Gasteiger partial charge in [-0.2, -0.15) is 17.9 Å². The highest BCUT2D eigenvalue weighted by Crippen LogP contribution is 2.29. The predicted octanol–water partition coefficient (Wildman–Crippen LogP) is 4.17. The zero-order chi connectivity index (χ0) is 16.7. The van der Waals surface area contributed by atoms with E-state index in [2.05, 4.69) is 0 Å². The fourth-order valence-electron chi connectivity index (χ4n) is 3.05. The monoisotopic (exact) mass is 313 g/mol. The molecule has 3 rings (SSSR count). The molecule has 0 fully saturated rings. The first-order valence-electron chi connectivity index (χ1n) is 7.51. The fraction of sp³-hybridized carbons (Fsp3) is 0.211. The van der Waals surface area contributed by atoms with Gasteiger partial charge in [0.2, 0.25) is 0 Å². The number of benzene rings is 2. The van der Waals surface area contributed by atoms with E-state index >= 15 is 0 Å². The Morgan fingerprint density at radius 1 is 0.826 bits per heavy atom. The molecular weight excluding hydrogens is 294 g/mol. The minimum atomic E-state index is -0.872. The summed E-state index contributed by atoms with van der Waals surface area (Å²) in [7, 11) is 1.55. The minimum absolute atomic E-state index is 0.496. The zero-order valence-electron chi connectivity index (χ0n) is 13.7. The summed E-state index contributed by atoms with van der Waals surface area (Å²) < 4.78 is 31.7. The van der Waals surface area contributed by atoms with Gasteiger partial charge in [-0.05, 0) is 43.5 Å². The Morgan fingerprint density at radius 2 is 1.39 bits per heavy atom. The molecule has 0 atom stereocenters. The maximum absolute atomic E-state index is 14.7. The lowest BCUT2D eigenvalue weighted by molar-refractivity contribution is -0.688. The van der Waals surface area contributed by atoms with Crippen LogP contribution in [-0.2, 0) is 7.05 Å². The van der Waals surface area contributed by atoms with Crippen molar-refractivity contribution >= 4 is 0 Å². The smallest absolute Gasteiger partial charge is 0.199 e. The molecule has 1 heterocycles. The molecule has 4 heteroatoms. The molecule has 1 aromatic heterocycles. The van der Waals surface area contributed by atoms with E-state index < -0.39 is 11.9 Å². The van der Waals surface area contributed by atoms with E-state index in [9.17, 15) is 8.78 Å². The van der Waals surface area contributed by atoms with Crippen LogP contribution in [0.1, 0.15) is 16.7 Å². The van der Waals surface area contributed by atoms with Gasteiger partial charge < -0.3 is 0 Å². The summed E-state index contributed by atoms with van der Waals surface area (Å²) in [6.07, 6.45) is 0. The highest BCUT2D eigenvalue weighted by atomic mass is 19.2. The van der Waals surface area contributed by atoms with Gasteiger partial charge in [0.1, 0.15) is 5.69 Å². The molecule has 0 aliphatic rings. The SMILES string of the molecule is Cc1ccccc1-c1n(-c2c(C)cccc2C)c(F)c(F)[n+]1C. The molecule has 0 radical (unpaired) electrons. The molecule has 0 aliphatic heterocycles. The van der Waals surface area contributed by atoms with E-state index in [-0.39, 0.29) is 0 Å². The summed E-state index contributed by atoms with van der Waals surface area (Å²) in [6.45, 7) is 5.75. The fourth-order valence-corrected chi connectivity index (χ4v) is 3.05. The molecule has 3 aromatic rings. The molecule has 2 aromatic carbocycles. The van der Waals surface area contributed by atoms with Gasteiger partial charge in [0, 0.05) is 0 Å². The highest BCUT2D eigenvalue weighted by molar-refractivity contribution is 5.62. The summed E-state index contributed by atoms with van der Waals surface area (Å²) in [5.74, 6) is -1.25. The summed E-state index contributed by atoms with van der Waals surface area (Å²) in [6, 6.07) is 13.3. The first kappa shape index (κ1) is 15.4. The predicted molar refractivity (Wildman–Crippen MR) is 86.5 cm³/mol. The van der Waals surface area contributed by atoms with Gasteiger partial charge in [-0.15, -0.1) is 0 Å². The number of aromatic nitrogens is 2. The lowest BCUT2D eigenvalue weighted by Gasteiger charge is -2.09. The Labute approximate surface area is 134 Å². The van der Waals surface area contributed by atoms with E-state index in [1.54, 1.807) is 7.05 Å². The quantitative estimate of drug-likeness (QED) is 0.628. The summed E-state index contributed by atoms with van der Waals surface area (Å²) in [5, 5.41) is 0. The third kappa shape index (κ3) is 2.34. The average molecular weight is 313 g/mol. The molecule has 0 saturated carbocycles. The van der Waals surface area contributed by atoms with Gasteiger partial charge in [0.15, 0.2) is 0 Å². The van der Waals surface area contributed by atoms with Gasteiger partial charge in [-0.3, -0.25) is 0 Å². The number of hydrogen-bond acceptors (Lipinski definition) is 0. The summed E-state index contributed by atoms with van der Waals surface area (Å²) >= 11 is 0. The number of nitrogens with zero attached hydrogens (tertiary/aromatic N) is 2.